The molecule has 0 bridgehead atoms. The lowest BCUT2D eigenvalue weighted by Gasteiger charge is -2.08. The van der Waals surface area contributed by atoms with Gasteiger partial charge >= 0.3 is 0 Å². The van der Waals surface area contributed by atoms with Gasteiger partial charge in [0.1, 0.15) is 0 Å². The lowest BCUT2D eigenvalue weighted by atomic mass is 10.1. The largest absolute Gasteiger partial charge is 0.350 e. The Balaban J connectivity index is 1.92. The summed E-state index contributed by atoms with van der Waals surface area (Å²) in [6.07, 6.45) is 3.76. The smallest absolute Gasteiger partial charge is 0.252 e. The van der Waals surface area contributed by atoms with Crippen LogP contribution in [0, 0.1) is 13.8 Å². The third-order valence-electron chi connectivity index (χ3n) is 2.76. The van der Waals surface area contributed by atoms with Crippen molar-refractivity contribution >= 4 is 21.8 Å². The molecule has 4 nitrogen and oxygen atoms in total. The minimum Gasteiger partial charge on any atom is -0.350 e. The average molecular weight is 322 g/mol. The number of hydrogen-bond donors (Lipinski definition) is 1. The Morgan fingerprint density at radius 3 is 2.84 bits per heavy atom. The monoisotopic (exact) mass is 321 g/mol. The summed E-state index contributed by atoms with van der Waals surface area (Å²) < 4.78 is 2.63. The number of aromatic nitrogens is 2. The van der Waals surface area contributed by atoms with Crippen LogP contribution in [-0.4, -0.2) is 22.2 Å². The topological polar surface area (TPSA) is 46.9 Å². The second-order valence-electron chi connectivity index (χ2n) is 4.52. The number of carbonyl (C=O) groups excluding carboxylic acids is 1. The first kappa shape index (κ1) is 13.8. The maximum absolute atomic E-state index is 12.0. The molecule has 0 atom stereocenters. The van der Waals surface area contributed by atoms with Gasteiger partial charge in [0.15, 0.2) is 0 Å². The summed E-state index contributed by atoms with van der Waals surface area (Å²) in [6, 6.07) is 5.73. The number of amides is 1. The molecule has 0 aliphatic heterocycles. The fourth-order valence-electron chi connectivity index (χ4n) is 1.78. The molecule has 0 aliphatic rings. The lowest BCUT2D eigenvalue weighted by molar-refractivity contribution is 0.0951. The van der Waals surface area contributed by atoms with Crippen LogP contribution >= 0.6 is 15.9 Å². The van der Waals surface area contributed by atoms with E-state index in [0.29, 0.717) is 18.7 Å². The Morgan fingerprint density at radius 1 is 1.37 bits per heavy atom. The summed E-state index contributed by atoms with van der Waals surface area (Å²) >= 11 is 3.39. The van der Waals surface area contributed by atoms with Gasteiger partial charge in [0.05, 0.1) is 18.3 Å². The molecule has 19 heavy (non-hydrogen) atoms. The molecule has 2 rings (SSSR count). The van der Waals surface area contributed by atoms with Crippen LogP contribution in [0.1, 0.15) is 21.5 Å². The average Bonchev–Trinajstić information content (AvgIpc) is 2.78. The van der Waals surface area contributed by atoms with Gasteiger partial charge in [0, 0.05) is 17.2 Å². The van der Waals surface area contributed by atoms with Gasteiger partial charge in [-0.1, -0.05) is 11.6 Å². The fraction of sp³-hybridized carbons (Fsp3) is 0.286. The molecule has 0 saturated heterocycles. The molecule has 0 aliphatic carbocycles. The lowest BCUT2D eigenvalue weighted by Crippen LogP contribution is -2.27. The molecule has 0 unspecified atom stereocenters. The number of halogens is 1. The summed E-state index contributed by atoms with van der Waals surface area (Å²) in [4.78, 5) is 12.0. The predicted molar refractivity (Wildman–Crippen MR) is 78.2 cm³/mol. The van der Waals surface area contributed by atoms with Crippen molar-refractivity contribution < 1.29 is 4.79 Å². The zero-order valence-electron chi connectivity index (χ0n) is 11.0. The van der Waals surface area contributed by atoms with Crippen molar-refractivity contribution in [2.45, 2.75) is 20.4 Å². The first-order valence-electron chi connectivity index (χ1n) is 6.09. The summed E-state index contributed by atoms with van der Waals surface area (Å²) in [5.41, 5.74) is 2.85. The van der Waals surface area contributed by atoms with Crippen LogP contribution < -0.4 is 5.32 Å². The number of carbonyl (C=O) groups is 1. The minimum absolute atomic E-state index is 0.0700. The van der Waals surface area contributed by atoms with E-state index in [4.69, 9.17) is 0 Å². The van der Waals surface area contributed by atoms with E-state index >= 15 is 0 Å². The van der Waals surface area contributed by atoms with E-state index < -0.39 is 0 Å². The van der Waals surface area contributed by atoms with E-state index in [1.165, 1.54) is 0 Å². The van der Waals surface area contributed by atoms with Crippen LogP contribution in [0.15, 0.2) is 35.1 Å². The van der Waals surface area contributed by atoms with Crippen molar-refractivity contribution in [3.8, 4) is 0 Å². The molecule has 0 saturated carbocycles. The van der Waals surface area contributed by atoms with Gasteiger partial charge in [-0.2, -0.15) is 5.10 Å². The molecule has 2 aromatic rings. The van der Waals surface area contributed by atoms with Gasteiger partial charge in [-0.25, -0.2) is 0 Å². The number of benzene rings is 1. The first-order chi connectivity index (χ1) is 9.06. The van der Waals surface area contributed by atoms with Gasteiger partial charge in [-0.05, 0) is 47.5 Å². The Kier molecular flexibility index (Phi) is 4.37. The molecule has 100 valence electrons. The van der Waals surface area contributed by atoms with Crippen molar-refractivity contribution in [1.82, 2.24) is 15.1 Å². The van der Waals surface area contributed by atoms with Crippen LogP contribution in [0.4, 0.5) is 0 Å². The van der Waals surface area contributed by atoms with Crippen LogP contribution in [0.2, 0.25) is 0 Å². The van der Waals surface area contributed by atoms with Crippen molar-refractivity contribution in [3.05, 3.63) is 51.8 Å². The maximum atomic E-state index is 12.0. The first-order valence-corrected chi connectivity index (χ1v) is 6.89. The quantitative estimate of drug-likeness (QED) is 0.941. The molecule has 0 fully saturated rings. The van der Waals surface area contributed by atoms with Crippen LogP contribution in [-0.2, 0) is 6.54 Å². The molecule has 1 N–H and O–H groups in total. The van der Waals surface area contributed by atoms with Gasteiger partial charge in [0.2, 0.25) is 0 Å². The van der Waals surface area contributed by atoms with Crippen molar-refractivity contribution in [1.29, 1.82) is 0 Å². The van der Waals surface area contributed by atoms with Crippen molar-refractivity contribution in [2.24, 2.45) is 0 Å². The van der Waals surface area contributed by atoms with Crippen molar-refractivity contribution in [3.63, 3.8) is 0 Å². The standard InChI is InChI=1S/C14H16BrN3O/c1-10-3-4-13(15)12(7-10)14(19)16-5-6-18-9-11(2)8-17-18/h3-4,7-9H,5-6H2,1-2H3,(H,16,19). The molecule has 5 heteroatoms. The number of hydrogen-bond acceptors (Lipinski definition) is 2. The Bertz CT molecular complexity index is 592. The molecule has 1 amide bonds. The highest BCUT2D eigenvalue weighted by Crippen LogP contribution is 2.17. The Labute approximate surface area is 120 Å². The Morgan fingerprint density at radius 2 is 2.16 bits per heavy atom. The zero-order valence-corrected chi connectivity index (χ0v) is 12.6. The molecular weight excluding hydrogens is 306 g/mol. The van der Waals surface area contributed by atoms with E-state index in [-0.39, 0.29) is 5.91 Å². The molecular formula is C14H16BrN3O. The van der Waals surface area contributed by atoms with Crippen LogP contribution in [0.3, 0.4) is 0 Å². The minimum atomic E-state index is -0.0700. The van der Waals surface area contributed by atoms with Crippen molar-refractivity contribution in [2.75, 3.05) is 6.54 Å². The summed E-state index contributed by atoms with van der Waals surface area (Å²) in [5, 5.41) is 7.07. The molecule has 1 heterocycles. The van der Waals surface area contributed by atoms with Gasteiger partial charge in [-0.15, -0.1) is 0 Å². The van der Waals surface area contributed by atoms with Crippen LogP contribution in [0.5, 0.6) is 0 Å². The zero-order chi connectivity index (χ0) is 13.8. The summed E-state index contributed by atoms with van der Waals surface area (Å²) in [6.45, 7) is 5.19. The molecule has 0 radical (unpaired) electrons. The third-order valence-corrected chi connectivity index (χ3v) is 3.45. The maximum Gasteiger partial charge on any atom is 0.252 e. The number of aryl methyl sites for hydroxylation is 2. The number of nitrogens with zero attached hydrogens (tertiary/aromatic N) is 2. The highest BCUT2D eigenvalue weighted by molar-refractivity contribution is 9.10. The fourth-order valence-corrected chi connectivity index (χ4v) is 2.21. The number of rotatable bonds is 4. The summed E-state index contributed by atoms with van der Waals surface area (Å²) in [5.74, 6) is -0.0700. The molecule has 0 spiro atoms. The molecule has 1 aromatic carbocycles. The number of nitrogens with one attached hydrogen (secondary N) is 1. The Hall–Kier alpha value is -1.62. The summed E-state index contributed by atoms with van der Waals surface area (Å²) in [7, 11) is 0. The van der Waals surface area contributed by atoms with Gasteiger partial charge in [0.25, 0.3) is 5.91 Å². The second-order valence-corrected chi connectivity index (χ2v) is 5.37. The predicted octanol–water partition coefficient (Wildman–Crippen LogP) is 2.69. The van der Waals surface area contributed by atoms with Crippen LogP contribution in [0.25, 0.3) is 0 Å². The van der Waals surface area contributed by atoms with E-state index in [1.807, 2.05) is 42.9 Å². The SMILES string of the molecule is Cc1ccc(Br)c(C(=O)NCCn2cc(C)cn2)c1. The van der Waals surface area contributed by atoms with E-state index in [0.717, 1.165) is 15.6 Å². The van der Waals surface area contributed by atoms with E-state index in [2.05, 4.69) is 26.3 Å². The van der Waals surface area contributed by atoms with Gasteiger partial charge < -0.3 is 5.32 Å². The normalized spacial score (nSPS) is 10.5. The highest BCUT2D eigenvalue weighted by atomic mass is 79.9. The third kappa shape index (κ3) is 3.67. The van der Waals surface area contributed by atoms with E-state index in [1.54, 1.807) is 6.20 Å². The molecule has 1 aromatic heterocycles. The van der Waals surface area contributed by atoms with E-state index in [9.17, 15) is 4.79 Å². The second kappa shape index (κ2) is 6.02. The highest BCUT2D eigenvalue weighted by Gasteiger charge is 2.09. The van der Waals surface area contributed by atoms with Gasteiger partial charge in [-0.3, -0.25) is 9.48 Å².